The van der Waals surface area contributed by atoms with Crippen molar-refractivity contribution < 1.29 is 21.9 Å². The molecule has 0 saturated carbocycles. The van der Waals surface area contributed by atoms with Gasteiger partial charge in [0.2, 0.25) is 0 Å². The van der Waals surface area contributed by atoms with Crippen molar-refractivity contribution in [1.82, 2.24) is 5.32 Å². The number of carbonyl (C=O) groups is 1. The minimum atomic E-state index is -4.70. The third kappa shape index (κ3) is 15.2. The highest BCUT2D eigenvalue weighted by atomic mass is 32.3. The third-order valence-corrected chi connectivity index (χ3v) is 3.34. The second kappa shape index (κ2) is 12.0. The molecule has 0 aliphatic rings. The van der Waals surface area contributed by atoms with Crippen molar-refractivity contribution in [2.45, 2.75) is 71.1 Å². The fraction of sp³-hybridized carbons (Fsp3) is 0.923. The van der Waals surface area contributed by atoms with Gasteiger partial charge < -0.3 is 9.50 Å². The number of carbonyl (C=O) groups excluding carboxylic acids is 1. The van der Waals surface area contributed by atoms with Gasteiger partial charge in [0.05, 0.1) is 0 Å². The Bertz CT molecular complexity index is 343. The van der Waals surface area contributed by atoms with E-state index in [1.54, 1.807) is 0 Å². The first-order valence-electron chi connectivity index (χ1n) is 7.40. The number of rotatable bonds is 12. The number of amides is 1. The van der Waals surface area contributed by atoms with Gasteiger partial charge in [0.1, 0.15) is 0 Å². The van der Waals surface area contributed by atoms with Gasteiger partial charge in [0.25, 0.3) is 0 Å². The Balaban J connectivity index is 3.23. The zero-order valence-electron chi connectivity index (χ0n) is 12.3. The molecule has 120 valence electrons. The van der Waals surface area contributed by atoms with Crippen molar-refractivity contribution in [3.63, 3.8) is 0 Å². The zero-order valence-corrected chi connectivity index (χ0v) is 13.1. The molecule has 20 heavy (non-hydrogen) atoms. The summed E-state index contributed by atoms with van der Waals surface area (Å²) in [5.74, 6) is 0. The molecule has 0 heterocycles. The maximum absolute atomic E-state index is 10.8. The number of hydrogen-bond acceptors (Lipinski definition) is 4. The van der Waals surface area contributed by atoms with Crippen molar-refractivity contribution in [1.29, 1.82) is 0 Å². The summed E-state index contributed by atoms with van der Waals surface area (Å²) in [4.78, 5) is 10.8. The van der Waals surface area contributed by atoms with Gasteiger partial charge in [0.15, 0.2) is 0 Å². The minimum Gasteiger partial charge on any atom is -0.320 e. The van der Waals surface area contributed by atoms with Crippen LogP contribution in [0.4, 0.5) is 4.79 Å². The first-order chi connectivity index (χ1) is 9.45. The van der Waals surface area contributed by atoms with Crippen LogP contribution in [0.2, 0.25) is 0 Å². The van der Waals surface area contributed by atoms with Crippen LogP contribution >= 0.6 is 0 Å². The van der Waals surface area contributed by atoms with E-state index in [1.165, 1.54) is 44.9 Å². The van der Waals surface area contributed by atoms with Crippen molar-refractivity contribution in [3.05, 3.63) is 0 Å². The molecular weight excluding hydrogens is 282 g/mol. The lowest BCUT2D eigenvalue weighted by molar-refractivity contribution is 0.195. The maximum atomic E-state index is 10.8. The molecule has 7 heteroatoms. The summed E-state index contributed by atoms with van der Waals surface area (Å²) in [6, 6.07) is 0. The molecule has 0 spiro atoms. The Morgan fingerprint density at radius 1 is 0.950 bits per heavy atom. The molecule has 0 radical (unpaired) electrons. The standard InChI is InChI=1S/C13H27NO5S/c1-2-3-4-5-6-7-8-9-10-11-12-14-13(15)19-20(16,17)18/h2-12H2,1H3,(H,14,15)(H,16,17,18). The monoisotopic (exact) mass is 309 g/mol. The Hall–Kier alpha value is -0.820. The summed E-state index contributed by atoms with van der Waals surface area (Å²) in [6.45, 7) is 2.56. The molecule has 1 amide bonds. The molecule has 6 nitrogen and oxygen atoms in total. The van der Waals surface area contributed by atoms with E-state index >= 15 is 0 Å². The molecule has 0 rings (SSSR count). The van der Waals surface area contributed by atoms with Crippen LogP contribution in [0.5, 0.6) is 0 Å². The first-order valence-corrected chi connectivity index (χ1v) is 8.77. The van der Waals surface area contributed by atoms with E-state index < -0.39 is 16.5 Å². The predicted molar refractivity (Wildman–Crippen MR) is 77.9 cm³/mol. The van der Waals surface area contributed by atoms with Crippen LogP contribution in [0.25, 0.3) is 0 Å². The topological polar surface area (TPSA) is 92.7 Å². The van der Waals surface area contributed by atoms with Crippen LogP contribution in [-0.4, -0.2) is 25.6 Å². The fourth-order valence-electron chi connectivity index (χ4n) is 1.93. The molecule has 2 N–H and O–H groups in total. The van der Waals surface area contributed by atoms with E-state index in [0.29, 0.717) is 6.54 Å². The van der Waals surface area contributed by atoms with Gasteiger partial charge in [-0.15, -0.1) is 0 Å². The van der Waals surface area contributed by atoms with Crippen molar-refractivity contribution in [3.8, 4) is 0 Å². The largest absolute Gasteiger partial charge is 0.450 e. The van der Waals surface area contributed by atoms with Crippen LogP contribution in [0.3, 0.4) is 0 Å². The summed E-state index contributed by atoms with van der Waals surface area (Å²) in [7, 11) is -4.70. The van der Waals surface area contributed by atoms with Gasteiger partial charge in [-0.05, 0) is 6.42 Å². The normalized spacial score (nSPS) is 11.3. The summed E-state index contributed by atoms with van der Waals surface area (Å²) < 4.78 is 32.4. The Morgan fingerprint density at radius 2 is 1.40 bits per heavy atom. The molecule has 0 saturated heterocycles. The fourth-order valence-corrected chi connectivity index (χ4v) is 2.18. The summed E-state index contributed by atoms with van der Waals surface area (Å²) >= 11 is 0. The lowest BCUT2D eigenvalue weighted by Crippen LogP contribution is -2.27. The maximum Gasteiger partial charge on any atom is 0.450 e. The summed E-state index contributed by atoms with van der Waals surface area (Å²) in [5, 5.41) is 2.26. The average molecular weight is 309 g/mol. The lowest BCUT2D eigenvalue weighted by Gasteiger charge is -2.04. The van der Waals surface area contributed by atoms with Gasteiger partial charge in [-0.3, -0.25) is 4.55 Å². The molecule has 0 unspecified atom stereocenters. The summed E-state index contributed by atoms with van der Waals surface area (Å²) in [6.07, 6.45) is 10.7. The minimum absolute atomic E-state index is 0.352. The van der Waals surface area contributed by atoms with Crippen molar-refractivity contribution in [2.24, 2.45) is 0 Å². The van der Waals surface area contributed by atoms with Gasteiger partial charge in [0, 0.05) is 6.54 Å². The smallest absolute Gasteiger partial charge is 0.320 e. The molecule has 0 aliphatic carbocycles. The van der Waals surface area contributed by atoms with Gasteiger partial charge in [-0.2, -0.15) is 8.42 Å². The van der Waals surface area contributed by atoms with Crippen LogP contribution in [0.1, 0.15) is 71.1 Å². The zero-order chi connectivity index (χ0) is 15.3. The van der Waals surface area contributed by atoms with Gasteiger partial charge in [-0.1, -0.05) is 64.7 Å². The van der Waals surface area contributed by atoms with Gasteiger partial charge >= 0.3 is 16.5 Å². The molecule has 0 bridgehead atoms. The highest BCUT2D eigenvalue weighted by Gasteiger charge is 2.11. The molecule has 0 aromatic heterocycles. The Morgan fingerprint density at radius 3 is 1.85 bits per heavy atom. The second-order valence-corrected chi connectivity index (χ2v) is 5.93. The highest BCUT2D eigenvalue weighted by Crippen LogP contribution is 2.10. The average Bonchev–Trinajstić information content (AvgIpc) is 2.34. The number of unbranched alkanes of at least 4 members (excludes halogenated alkanes) is 9. The van der Waals surface area contributed by atoms with E-state index in [1.807, 2.05) is 0 Å². The SMILES string of the molecule is CCCCCCCCCCCCNC(=O)OS(=O)(=O)O. The first kappa shape index (κ1) is 19.2. The van der Waals surface area contributed by atoms with Gasteiger partial charge in [-0.25, -0.2) is 4.79 Å². The van der Waals surface area contributed by atoms with E-state index in [-0.39, 0.29) is 0 Å². The number of hydrogen-bond donors (Lipinski definition) is 2. The Labute approximate surface area is 122 Å². The lowest BCUT2D eigenvalue weighted by atomic mass is 10.1. The van der Waals surface area contributed by atoms with Crippen molar-refractivity contribution in [2.75, 3.05) is 6.54 Å². The molecule has 0 aliphatic heterocycles. The molecule has 0 aromatic carbocycles. The van der Waals surface area contributed by atoms with Crippen molar-refractivity contribution >= 4 is 16.5 Å². The van der Waals surface area contributed by atoms with Crippen LogP contribution < -0.4 is 5.32 Å². The van der Waals surface area contributed by atoms with E-state index in [9.17, 15) is 13.2 Å². The van der Waals surface area contributed by atoms with Crippen LogP contribution in [0, 0.1) is 0 Å². The number of nitrogens with one attached hydrogen (secondary N) is 1. The second-order valence-electron chi connectivity index (χ2n) is 4.91. The molecule has 0 atom stereocenters. The third-order valence-electron chi connectivity index (χ3n) is 2.98. The predicted octanol–water partition coefficient (Wildman–Crippen LogP) is 3.44. The summed E-state index contributed by atoms with van der Waals surface area (Å²) in [5.41, 5.74) is 0. The quantitative estimate of drug-likeness (QED) is 0.425. The van der Waals surface area contributed by atoms with E-state index in [2.05, 4.69) is 16.4 Å². The van der Waals surface area contributed by atoms with Crippen LogP contribution in [0.15, 0.2) is 0 Å². The highest BCUT2D eigenvalue weighted by molar-refractivity contribution is 7.81. The Kier molecular flexibility index (Phi) is 11.5. The van der Waals surface area contributed by atoms with Crippen LogP contribution in [-0.2, 0) is 14.6 Å². The molecule has 0 fully saturated rings. The molecular formula is C13H27NO5S. The molecule has 0 aromatic rings. The van der Waals surface area contributed by atoms with E-state index in [4.69, 9.17) is 4.55 Å². The van der Waals surface area contributed by atoms with E-state index in [0.717, 1.165) is 19.3 Å².